The third-order valence-electron chi connectivity index (χ3n) is 3.09. The van der Waals surface area contributed by atoms with E-state index >= 15 is 0 Å². The van der Waals surface area contributed by atoms with Gasteiger partial charge in [0.05, 0.1) is 0 Å². The van der Waals surface area contributed by atoms with Gasteiger partial charge in [-0.3, -0.25) is 4.79 Å². The summed E-state index contributed by atoms with van der Waals surface area (Å²) in [5, 5.41) is 0. The van der Waals surface area contributed by atoms with Crippen LogP contribution in [-0.2, 0) is 0 Å². The summed E-state index contributed by atoms with van der Waals surface area (Å²) in [5.41, 5.74) is 8.04. The monoisotopic (exact) mass is 327 g/mol. The molecule has 0 atom stereocenters. The summed E-state index contributed by atoms with van der Waals surface area (Å²) in [5.74, 6) is 0.0178. The van der Waals surface area contributed by atoms with E-state index in [2.05, 4.69) is 20.8 Å². The molecule has 0 radical (unpaired) electrons. The fourth-order valence-electron chi connectivity index (χ4n) is 1.85. The van der Waals surface area contributed by atoms with Crippen LogP contribution in [0.25, 0.3) is 0 Å². The number of amides is 1. The number of nitrogens with two attached hydrogens (primary N) is 1. The number of hydrogen-bond donors (Lipinski definition) is 1. The Morgan fingerprint density at radius 2 is 1.89 bits per heavy atom. The highest BCUT2D eigenvalue weighted by molar-refractivity contribution is 9.10. The minimum Gasteiger partial charge on any atom is -0.398 e. The van der Waals surface area contributed by atoms with E-state index in [-0.39, 0.29) is 5.91 Å². The highest BCUT2D eigenvalue weighted by Crippen LogP contribution is 2.23. The van der Waals surface area contributed by atoms with Gasteiger partial charge in [-0.15, -0.1) is 0 Å². The van der Waals surface area contributed by atoms with Crippen molar-refractivity contribution in [2.24, 2.45) is 0 Å². The molecule has 0 saturated heterocycles. The second kappa shape index (κ2) is 6.91. The van der Waals surface area contributed by atoms with Crippen molar-refractivity contribution in [3.63, 3.8) is 0 Å². The Labute approximate surface area is 123 Å². The summed E-state index contributed by atoms with van der Waals surface area (Å²) in [7, 11) is 5.89. The average molecular weight is 328 g/mol. The maximum Gasteiger partial charge on any atom is 0.253 e. The van der Waals surface area contributed by atoms with Gasteiger partial charge in [-0.1, -0.05) is 15.9 Å². The number of anilines is 1. The van der Waals surface area contributed by atoms with Gasteiger partial charge in [0.15, 0.2) is 0 Å². The van der Waals surface area contributed by atoms with Crippen molar-refractivity contribution < 1.29 is 4.79 Å². The number of halogens is 1. The first kappa shape index (κ1) is 16.0. The fraction of sp³-hybridized carbons (Fsp3) is 0.500. The van der Waals surface area contributed by atoms with E-state index in [1.165, 1.54) is 0 Å². The smallest absolute Gasteiger partial charge is 0.253 e. The largest absolute Gasteiger partial charge is 0.398 e. The molecule has 0 aromatic heterocycles. The van der Waals surface area contributed by atoms with E-state index in [1.54, 1.807) is 4.90 Å². The number of benzene rings is 1. The van der Waals surface area contributed by atoms with Gasteiger partial charge in [-0.05, 0) is 51.7 Å². The third-order valence-corrected chi connectivity index (χ3v) is 3.55. The van der Waals surface area contributed by atoms with Crippen LogP contribution in [0.3, 0.4) is 0 Å². The van der Waals surface area contributed by atoms with Crippen LogP contribution in [0.5, 0.6) is 0 Å². The Hall–Kier alpha value is -1.07. The molecule has 0 spiro atoms. The Balaban J connectivity index is 2.77. The zero-order valence-electron chi connectivity index (χ0n) is 12.0. The molecule has 0 aliphatic carbocycles. The predicted octanol–water partition coefficient (Wildman–Crippen LogP) is 2.36. The second-order valence-corrected chi connectivity index (χ2v) is 5.97. The number of nitrogen functional groups attached to an aromatic ring is 1. The lowest BCUT2D eigenvalue weighted by Gasteiger charge is -2.20. The molecule has 0 fully saturated rings. The molecule has 0 saturated carbocycles. The van der Waals surface area contributed by atoms with Crippen LogP contribution in [0.4, 0.5) is 5.69 Å². The number of rotatable bonds is 5. The predicted molar refractivity (Wildman–Crippen MR) is 83.4 cm³/mol. The fourth-order valence-corrected chi connectivity index (χ4v) is 2.33. The van der Waals surface area contributed by atoms with Crippen molar-refractivity contribution in [3.8, 4) is 0 Å². The molecule has 106 valence electrons. The molecular formula is C14H22BrN3O. The molecule has 1 amide bonds. The maximum absolute atomic E-state index is 12.4. The lowest BCUT2D eigenvalue weighted by Crippen LogP contribution is -2.30. The molecule has 0 heterocycles. The molecule has 1 aromatic carbocycles. The first-order chi connectivity index (χ1) is 8.82. The van der Waals surface area contributed by atoms with Crippen molar-refractivity contribution in [1.82, 2.24) is 9.80 Å². The van der Waals surface area contributed by atoms with E-state index < -0.39 is 0 Å². The van der Waals surface area contributed by atoms with Crippen LogP contribution < -0.4 is 5.73 Å². The van der Waals surface area contributed by atoms with Gasteiger partial charge in [0.1, 0.15) is 0 Å². The summed E-state index contributed by atoms with van der Waals surface area (Å²) >= 11 is 3.38. The summed E-state index contributed by atoms with van der Waals surface area (Å²) < 4.78 is 0.834. The Morgan fingerprint density at radius 1 is 1.26 bits per heavy atom. The van der Waals surface area contributed by atoms with Gasteiger partial charge in [0.25, 0.3) is 5.91 Å². The van der Waals surface area contributed by atoms with Crippen molar-refractivity contribution in [2.45, 2.75) is 13.3 Å². The lowest BCUT2D eigenvalue weighted by atomic mass is 10.1. The third kappa shape index (κ3) is 4.51. The van der Waals surface area contributed by atoms with Crippen LogP contribution in [0.15, 0.2) is 16.6 Å². The Morgan fingerprint density at radius 3 is 2.47 bits per heavy atom. The number of carbonyl (C=O) groups is 1. The van der Waals surface area contributed by atoms with Crippen molar-refractivity contribution in [2.75, 3.05) is 40.0 Å². The van der Waals surface area contributed by atoms with Gasteiger partial charge in [0.2, 0.25) is 0 Å². The summed E-state index contributed by atoms with van der Waals surface area (Å²) in [6, 6.07) is 3.65. The lowest BCUT2D eigenvalue weighted by molar-refractivity contribution is 0.0790. The zero-order valence-corrected chi connectivity index (χ0v) is 13.6. The standard InChI is InChI=1S/C14H22BrN3O/c1-10-12(8-11(15)9-13(10)16)14(19)18(4)7-5-6-17(2)3/h8-9H,5-7,16H2,1-4H3. The van der Waals surface area contributed by atoms with E-state index in [0.29, 0.717) is 11.3 Å². The highest BCUT2D eigenvalue weighted by Gasteiger charge is 2.16. The minimum absolute atomic E-state index is 0.0178. The Kier molecular flexibility index (Phi) is 5.82. The van der Waals surface area contributed by atoms with Gasteiger partial charge in [0, 0.05) is 29.3 Å². The first-order valence-electron chi connectivity index (χ1n) is 6.28. The number of hydrogen-bond acceptors (Lipinski definition) is 3. The Bertz CT molecular complexity index is 460. The van der Waals surface area contributed by atoms with Crippen LogP contribution in [0.2, 0.25) is 0 Å². The average Bonchev–Trinajstić information content (AvgIpc) is 2.32. The van der Waals surface area contributed by atoms with E-state index in [0.717, 1.165) is 29.5 Å². The molecule has 4 nitrogen and oxygen atoms in total. The van der Waals surface area contributed by atoms with E-state index in [1.807, 2.05) is 40.2 Å². The summed E-state index contributed by atoms with van der Waals surface area (Å²) in [6.45, 7) is 3.59. The molecule has 2 N–H and O–H groups in total. The molecule has 1 rings (SSSR count). The van der Waals surface area contributed by atoms with Crippen LogP contribution in [-0.4, -0.2) is 49.9 Å². The van der Waals surface area contributed by atoms with Gasteiger partial charge in [-0.25, -0.2) is 0 Å². The van der Waals surface area contributed by atoms with Crippen molar-refractivity contribution in [1.29, 1.82) is 0 Å². The minimum atomic E-state index is 0.0178. The topological polar surface area (TPSA) is 49.6 Å². The molecule has 0 unspecified atom stereocenters. The quantitative estimate of drug-likeness (QED) is 0.844. The molecule has 0 bridgehead atoms. The first-order valence-corrected chi connectivity index (χ1v) is 7.08. The van der Waals surface area contributed by atoms with Crippen LogP contribution in [0, 0.1) is 6.92 Å². The van der Waals surface area contributed by atoms with Gasteiger partial charge in [-0.2, -0.15) is 0 Å². The van der Waals surface area contributed by atoms with E-state index in [4.69, 9.17) is 5.73 Å². The second-order valence-electron chi connectivity index (χ2n) is 5.05. The van der Waals surface area contributed by atoms with Gasteiger partial charge < -0.3 is 15.5 Å². The van der Waals surface area contributed by atoms with Crippen molar-refractivity contribution in [3.05, 3.63) is 27.7 Å². The van der Waals surface area contributed by atoms with Crippen LogP contribution >= 0.6 is 15.9 Å². The molecule has 1 aromatic rings. The summed E-state index contributed by atoms with van der Waals surface area (Å²) in [6.07, 6.45) is 0.956. The van der Waals surface area contributed by atoms with Crippen molar-refractivity contribution >= 4 is 27.5 Å². The molecule has 0 aliphatic rings. The molecule has 19 heavy (non-hydrogen) atoms. The highest BCUT2D eigenvalue weighted by atomic mass is 79.9. The normalized spacial score (nSPS) is 10.8. The zero-order chi connectivity index (χ0) is 14.6. The molecule has 0 aliphatic heterocycles. The number of nitrogens with zero attached hydrogens (tertiary/aromatic N) is 2. The summed E-state index contributed by atoms with van der Waals surface area (Å²) in [4.78, 5) is 16.2. The SMILES string of the molecule is Cc1c(N)cc(Br)cc1C(=O)N(C)CCCN(C)C. The molecule has 5 heteroatoms. The molecular weight excluding hydrogens is 306 g/mol. The van der Waals surface area contributed by atoms with E-state index in [9.17, 15) is 4.79 Å². The number of carbonyl (C=O) groups excluding carboxylic acids is 1. The maximum atomic E-state index is 12.4. The van der Waals surface area contributed by atoms with Gasteiger partial charge >= 0.3 is 0 Å². The van der Waals surface area contributed by atoms with Crippen LogP contribution in [0.1, 0.15) is 22.3 Å².